The van der Waals surface area contributed by atoms with Crippen molar-refractivity contribution in [3.8, 4) is 0 Å². The molecule has 1 aliphatic heterocycles. The van der Waals surface area contributed by atoms with Gasteiger partial charge in [0.1, 0.15) is 50.9 Å². The number of carbonyl (C=O) groups is 3. The van der Waals surface area contributed by atoms with Crippen molar-refractivity contribution >= 4 is 17.7 Å². The summed E-state index contributed by atoms with van der Waals surface area (Å²) in [6, 6.07) is -0.644. The Kier molecular flexibility index (Phi) is 67.5. The first-order valence-corrected chi connectivity index (χ1v) is 47.3. The van der Waals surface area contributed by atoms with Crippen molar-refractivity contribution in [3.63, 3.8) is 0 Å². The highest BCUT2D eigenvalue weighted by molar-refractivity contribution is 5.87. The molecule has 122 heavy (non-hydrogen) atoms. The summed E-state index contributed by atoms with van der Waals surface area (Å²) in [5.74, 6) is -1.39. The lowest BCUT2D eigenvalue weighted by atomic mass is 9.58. The molecule has 0 saturated carbocycles. The quantitative estimate of drug-likeness (QED) is 0.0196. The predicted molar refractivity (Wildman–Crippen MR) is 494 cm³/mol. The first-order valence-electron chi connectivity index (χ1n) is 47.3. The Balaban J connectivity index is 0.00000275. The standard InChI is InChI=1S/C59H122N10O8.C32H68N4O9/c1-9-11-13-15-17-19-32-55(73)69-53(30-20-21-43-67-54(72)31-18-16-14-12-10-2)56(74)68-45-29-41-64-37-25-24-36-63-40-28-44-66-52(4)59(8,76-46-51(3)71)50-75-49-58(7,77-57(5,6)48-70)47-65-42-27-39-62-35-23-22-34-61-38-26-33-60;1-10-43-29(5,22-37)44-26(2,21-36-20-14-19-35-17-12-11-16-34-18-13-15-33)23-42-25-28(4)31(7,39)32(8,40)30(6,38)27(3,45-28)24-41-9/h9,51-53,61-66,70-71H,1,10-50,60H2,2-8H3,(H,67,72)(H,68,74)(H,69,73);34-40H,10-25,33H2,1-9H3/t51?,52?,53?,58?,59-;26?,27?,28-,29+,30+,31?,32+/m11/s1. The molecule has 12 atom stereocenters. The summed E-state index contributed by atoms with van der Waals surface area (Å²) in [5, 5.41) is 105. The third-order valence-corrected chi connectivity index (χ3v) is 23.3. The van der Waals surface area contributed by atoms with Gasteiger partial charge >= 0.3 is 0 Å². The Bertz CT molecular complexity index is 2560. The molecule has 0 aromatic carbocycles. The lowest BCUT2D eigenvalue weighted by Crippen LogP contribution is -2.85. The van der Waals surface area contributed by atoms with E-state index in [0.717, 1.165) is 246 Å². The van der Waals surface area contributed by atoms with E-state index in [-0.39, 0.29) is 63.4 Å². The monoisotopic (exact) mass is 1750 g/mol. The average molecular weight is 1750 g/mol. The smallest absolute Gasteiger partial charge is 0.242 e. The minimum atomic E-state index is -2.00. The van der Waals surface area contributed by atoms with E-state index in [2.05, 4.69) is 84.2 Å². The number of allylic oxidation sites excluding steroid dienone is 1. The summed E-state index contributed by atoms with van der Waals surface area (Å²) < 4.78 is 49.2. The van der Waals surface area contributed by atoms with Gasteiger partial charge in [-0.05, 0) is 330 Å². The van der Waals surface area contributed by atoms with E-state index >= 15 is 0 Å². The van der Waals surface area contributed by atoms with Crippen LogP contribution in [0.4, 0.5) is 0 Å². The summed E-state index contributed by atoms with van der Waals surface area (Å²) in [6.45, 7) is 48.2. The van der Waals surface area contributed by atoms with E-state index < -0.39 is 68.3 Å². The number of hydrogen-bond acceptors (Lipinski definition) is 28. The van der Waals surface area contributed by atoms with E-state index in [1.165, 1.54) is 47.1 Å². The van der Waals surface area contributed by atoms with Gasteiger partial charge in [0, 0.05) is 58.8 Å². The highest BCUT2D eigenvalue weighted by atomic mass is 16.7. The molecule has 1 saturated heterocycles. The molecule has 1 fully saturated rings. The van der Waals surface area contributed by atoms with E-state index in [0.29, 0.717) is 65.3 Å². The number of rotatable bonds is 84. The fraction of sp³-hybridized carbons (Fsp3) is 0.945. The first-order chi connectivity index (χ1) is 57.9. The van der Waals surface area contributed by atoms with Crippen molar-refractivity contribution in [2.24, 2.45) is 11.5 Å². The van der Waals surface area contributed by atoms with Gasteiger partial charge in [0.25, 0.3) is 0 Å². The highest BCUT2D eigenvalue weighted by Gasteiger charge is 2.74. The molecular formula is C91H190N14O17. The van der Waals surface area contributed by atoms with Gasteiger partial charge in [-0.25, -0.2) is 0 Å². The topological polar surface area (TPSA) is 443 Å². The molecule has 31 heteroatoms. The normalized spacial score (nSPS) is 21.5. The number of methoxy groups -OCH3 is 1. The van der Waals surface area contributed by atoms with Gasteiger partial charge in [-0.15, -0.1) is 6.58 Å². The van der Waals surface area contributed by atoms with E-state index in [1.807, 2.05) is 47.6 Å². The van der Waals surface area contributed by atoms with Crippen LogP contribution in [0.2, 0.25) is 0 Å². The number of carbonyl (C=O) groups excluding carboxylic acids is 3. The summed E-state index contributed by atoms with van der Waals surface area (Å²) in [4.78, 5) is 38.3. The first kappa shape index (κ1) is 119. The molecule has 0 radical (unpaired) electrons. The Morgan fingerprint density at radius 1 is 0.484 bits per heavy atom. The number of amides is 3. The SMILES string of the molecule is C=CCCCCCCC(=O)NC(CCCCNC(=O)CCCCCCC)C(=O)NCCCNCCCCNCCCNC(C)[C@@](C)(COCC(C)(CNCCCNCCCCNCCCN)OC(C)(C)CO)OCC(C)O.CCO[C@](C)(CO)OC(C)(CNCCCNCCCCNCCCN)COC[C@@]1(C)OC(C)(COC)[C@](C)(O)[C@](C)(O)C1(C)O. The minimum Gasteiger partial charge on any atom is -0.393 e. The van der Waals surface area contributed by atoms with Gasteiger partial charge in [0.2, 0.25) is 17.7 Å². The van der Waals surface area contributed by atoms with Crippen LogP contribution in [0.1, 0.15) is 277 Å². The Morgan fingerprint density at radius 2 is 0.918 bits per heavy atom. The molecule has 3 amide bonds. The van der Waals surface area contributed by atoms with Gasteiger partial charge < -0.3 is 144 Å². The lowest BCUT2D eigenvalue weighted by Gasteiger charge is -2.65. The molecule has 0 bridgehead atoms. The van der Waals surface area contributed by atoms with E-state index in [9.17, 15) is 45.0 Å². The number of ether oxygens (including phenoxy) is 8. The third-order valence-electron chi connectivity index (χ3n) is 23.3. The Hall–Kier alpha value is -2.85. The summed E-state index contributed by atoms with van der Waals surface area (Å²) in [6.07, 6.45) is 27.1. The molecule has 7 unspecified atom stereocenters. The van der Waals surface area contributed by atoms with Gasteiger partial charge in [0.15, 0.2) is 5.79 Å². The average Bonchev–Trinajstić information content (AvgIpc) is 0.688. The molecular weight excluding hydrogens is 1560 g/mol. The second kappa shape index (κ2) is 69.1. The number of aliphatic hydroxyl groups is 6. The Morgan fingerprint density at radius 3 is 1.39 bits per heavy atom. The number of unbranched alkanes of at least 4 members (excludes halogenated alkanes) is 12. The molecule has 726 valence electrons. The zero-order chi connectivity index (χ0) is 91.6. The number of hydrogen-bond donors (Lipinski definition) is 20. The van der Waals surface area contributed by atoms with Crippen molar-refractivity contribution in [1.82, 2.24) is 63.8 Å². The summed E-state index contributed by atoms with van der Waals surface area (Å²) >= 11 is 0. The second-order valence-electron chi connectivity index (χ2n) is 36.4. The van der Waals surface area contributed by atoms with Crippen molar-refractivity contribution in [3.05, 3.63) is 12.7 Å². The fourth-order valence-electron chi connectivity index (χ4n) is 14.7. The van der Waals surface area contributed by atoms with Crippen LogP contribution < -0.4 is 75.3 Å². The second-order valence-corrected chi connectivity index (χ2v) is 36.4. The summed E-state index contributed by atoms with van der Waals surface area (Å²) in [7, 11) is 1.48. The van der Waals surface area contributed by atoms with Gasteiger partial charge in [-0.3, -0.25) is 14.4 Å². The van der Waals surface area contributed by atoms with Crippen LogP contribution in [-0.2, 0) is 52.3 Å². The molecule has 0 aromatic heterocycles. The molecule has 1 heterocycles. The fourth-order valence-corrected chi connectivity index (χ4v) is 14.7. The van der Waals surface area contributed by atoms with Crippen LogP contribution in [0.3, 0.4) is 0 Å². The molecule has 0 aromatic rings. The molecule has 1 aliphatic rings. The molecule has 0 aliphatic carbocycles. The Labute approximate surface area is 740 Å². The zero-order valence-electron chi connectivity index (χ0n) is 80.2. The van der Waals surface area contributed by atoms with Crippen LogP contribution in [0.25, 0.3) is 0 Å². The molecule has 1 rings (SSSR count). The summed E-state index contributed by atoms with van der Waals surface area (Å²) in [5.41, 5.74) is -0.647. The maximum atomic E-state index is 13.2. The van der Waals surface area contributed by atoms with Crippen LogP contribution in [-0.4, -0.2) is 327 Å². The van der Waals surface area contributed by atoms with Crippen LogP contribution in [0.15, 0.2) is 12.7 Å². The van der Waals surface area contributed by atoms with Crippen LogP contribution in [0, 0.1) is 0 Å². The van der Waals surface area contributed by atoms with E-state index in [4.69, 9.17) is 49.4 Å². The lowest BCUT2D eigenvalue weighted by molar-refractivity contribution is -0.409. The largest absolute Gasteiger partial charge is 0.393 e. The highest BCUT2D eigenvalue weighted by Crippen LogP contribution is 2.53. The van der Waals surface area contributed by atoms with Crippen LogP contribution in [0.5, 0.6) is 0 Å². The maximum absolute atomic E-state index is 13.2. The minimum absolute atomic E-state index is 0.0307. The van der Waals surface area contributed by atoms with Crippen molar-refractivity contribution in [2.75, 3.05) is 204 Å². The maximum Gasteiger partial charge on any atom is 0.242 e. The van der Waals surface area contributed by atoms with Crippen molar-refractivity contribution in [2.45, 2.75) is 352 Å². The number of aliphatic hydroxyl groups excluding tert-OH is 3. The molecule has 0 spiro atoms. The molecule has 22 N–H and O–H groups in total. The van der Waals surface area contributed by atoms with Crippen LogP contribution >= 0.6 is 0 Å². The van der Waals surface area contributed by atoms with Crippen molar-refractivity contribution in [1.29, 1.82) is 0 Å². The van der Waals surface area contributed by atoms with Gasteiger partial charge in [0.05, 0.1) is 64.6 Å². The van der Waals surface area contributed by atoms with Gasteiger partial charge in [-0.2, -0.15) is 0 Å². The number of nitrogens with one attached hydrogen (secondary N) is 12. The molecule has 31 nitrogen and oxygen atoms in total. The predicted octanol–water partition coefficient (Wildman–Crippen LogP) is 5.74. The van der Waals surface area contributed by atoms with Gasteiger partial charge in [-0.1, -0.05) is 51.5 Å². The van der Waals surface area contributed by atoms with E-state index in [1.54, 1.807) is 27.7 Å². The number of nitrogens with two attached hydrogens (primary N) is 2. The van der Waals surface area contributed by atoms with Crippen molar-refractivity contribution < 1.29 is 82.9 Å². The zero-order valence-corrected chi connectivity index (χ0v) is 80.2. The third kappa shape index (κ3) is 52.7.